The Kier molecular flexibility index (Phi) is 3.64. The van der Waals surface area contributed by atoms with Gasteiger partial charge in [0.25, 0.3) is 0 Å². The Hall–Kier alpha value is -0.900. The van der Waals surface area contributed by atoms with Crippen LogP contribution in [-0.4, -0.2) is 21.3 Å². The molecule has 1 fully saturated rings. The highest BCUT2D eigenvalue weighted by Gasteiger charge is 2.27. The molecule has 1 aromatic heterocycles. The van der Waals surface area contributed by atoms with Crippen LogP contribution in [0.2, 0.25) is 0 Å². The van der Waals surface area contributed by atoms with Crippen LogP contribution in [0.15, 0.2) is 0 Å². The first-order chi connectivity index (χ1) is 8.88. The maximum atomic E-state index is 4.48. The van der Waals surface area contributed by atoms with Gasteiger partial charge in [0.1, 0.15) is 11.6 Å². The zero-order valence-electron chi connectivity index (χ0n) is 11.4. The van der Waals surface area contributed by atoms with Gasteiger partial charge in [0, 0.05) is 13.0 Å². The van der Waals surface area contributed by atoms with Crippen LogP contribution in [0.3, 0.4) is 0 Å². The molecule has 0 amide bonds. The third-order valence-corrected chi connectivity index (χ3v) is 4.54. The van der Waals surface area contributed by atoms with Gasteiger partial charge < -0.3 is 9.88 Å². The lowest BCUT2D eigenvalue weighted by atomic mass is 9.90. The smallest absolute Gasteiger partial charge is 0.150 e. The molecule has 1 aromatic rings. The highest BCUT2D eigenvalue weighted by Crippen LogP contribution is 2.29. The van der Waals surface area contributed by atoms with Crippen molar-refractivity contribution >= 4 is 0 Å². The monoisotopic (exact) mass is 248 g/mol. The van der Waals surface area contributed by atoms with E-state index in [1.54, 1.807) is 0 Å². The predicted octanol–water partition coefficient (Wildman–Crippen LogP) is 2.46. The van der Waals surface area contributed by atoms with Crippen LogP contribution in [0.5, 0.6) is 0 Å². The molecule has 0 bridgehead atoms. The zero-order chi connectivity index (χ0) is 12.4. The van der Waals surface area contributed by atoms with Crippen molar-refractivity contribution in [2.24, 2.45) is 5.92 Å². The molecule has 2 unspecified atom stereocenters. The molecule has 0 radical (unpaired) electrons. The van der Waals surface area contributed by atoms with Gasteiger partial charge in [-0.1, -0.05) is 19.8 Å². The Morgan fingerprint density at radius 2 is 2.22 bits per heavy atom. The minimum atomic E-state index is 0.433. The van der Waals surface area contributed by atoms with Gasteiger partial charge in [-0.25, -0.2) is 0 Å². The lowest BCUT2D eigenvalue weighted by Crippen LogP contribution is -2.33. The molecule has 4 heteroatoms. The van der Waals surface area contributed by atoms with E-state index in [1.165, 1.54) is 50.2 Å². The Balaban J connectivity index is 1.81. The molecule has 2 aliphatic heterocycles. The minimum absolute atomic E-state index is 0.433. The normalized spacial score (nSPS) is 28.7. The molecular formula is C14H24N4. The Bertz CT molecular complexity index is 398. The molecule has 3 heterocycles. The third-order valence-electron chi connectivity index (χ3n) is 4.54. The summed E-state index contributed by atoms with van der Waals surface area (Å²) in [6.07, 6.45) is 8.83. The number of hydrogen-bond donors (Lipinski definition) is 1. The molecule has 1 saturated heterocycles. The lowest BCUT2D eigenvalue weighted by Gasteiger charge is -2.29. The van der Waals surface area contributed by atoms with E-state index >= 15 is 0 Å². The highest BCUT2D eigenvalue weighted by atomic mass is 15.3. The van der Waals surface area contributed by atoms with E-state index < -0.39 is 0 Å². The van der Waals surface area contributed by atoms with Crippen LogP contribution in [0.1, 0.15) is 63.1 Å². The molecule has 4 nitrogen and oxygen atoms in total. The largest absolute Gasteiger partial charge is 0.314 e. The minimum Gasteiger partial charge on any atom is -0.314 e. The van der Waals surface area contributed by atoms with Gasteiger partial charge in [-0.2, -0.15) is 0 Å². The molecule has 18 heavy (non-hydrogen) atoms. The number of nitrogens with zero attached hydrogens (tertiary/aromatic N) is 3. The van der Waals surface area contributed by atoms with Crippen LogP contribution in [0.4, 0.5) is 0 Å². The van der Waals surface area contributed by atoms with Gasteiger partial charge in [-0.15, -0.1) is 10.2 Å². The Morgan fingerprint density at radius 3 is 3.11 bits per heavy atom. The maximum Gasteiger partial charge on any atom is 0.150 e. The van der Waals surface area contributed by atoms with Crippen molar-refractivity contribution in [3.05, 3.63) is 11.6 Å². The first-order valence-electron chi connectivity index (χ1n) is 7.54. The number of nitrogens with one attached hydrogen (secondary N) is 1. The summed E-state index contributed by atoms with van der Waals surface area (Å²) in [6.45, 7) is 4.55. The van der Waals surface area contributed by atoms with Gasteiger partial charge >= 0.3 is 0 Å². The summed E-state index contributed by atoms with van der Waals surface area (Å²) in [5.41, 5.74) is 0. The van der Waals surface area contributed by atoms with E-state index in [1.807, 2.05) is 0 Å². The SMILES string of the molecule is CCC1CCNC(c2nnc3n2CCCCC3)C1. The summed E-state index contributed by atoms with van der Waals surface area (Å²) < 4.78 is 2.39. The molecule has 1 N–H and O–H groups in total. The van der Waals surface area contributed by atoms with Gasteiger partial charge in [0.2, 0.25) is 0 Å². The second-order valence-electron chi connectivity index (χ2n) is 5.74. The lowest BCUT2D eigenvalue weighted by molar-refractivity contribution is 0.285. The van der Waals surface area contributed by atoms with Crippen molar-refractivity contribution in [3.63, 3.8) is 0 Å². The molecule has 0 aliphatic carbocycles. The van der Waals surface area contributed by atoms with E-state index in [9.17, 15) is 0 Å². The van der Waals surface area contributed by atoms with Crippen molar-refractivity contribution in [1.29, 1.82) is 0 Å². The maximum absolute atomic E-state index is 4.48. The zero-order valence-corrected chi connectivity index (χ0v) is 11.4. The van der Waals surface area contributed by atoms with Crippen LogP contribution in [0, 0.1) is 5.92 Å². The fourth-order valence-electron chi connectivity index (χ4n) is 3.33. The number of aryl methyl sites for hydroxylation is 1. The number of rotatable bonds is 2. The van der Waals surface area contributed by atoms with Gasteiger partial charge in [-0.3, -0.25) is 0 Å². The summed E-state index contributed by atoms with van der Waals surface area (Å²) >= 11 is 0. The van der Waals surface area contributed by atoms with Gasteiger partial charge in [-0.05, 0) is 38.1 Å². The molecule has 0 aromatic carbocycles. The second-order valence-corrected chi connectivity index (χ2v) is 5.74. The third kappa shape index (κ3) is 2.30. The van der Waals surface area contributed by atoms with Crippen molar-refractivity contribution in [2.75, 3.05) is 6.54 Å². The summed E-state index contributed by atoms with van der Waals surface area (Å²) in [7, 11) is 0. The molecule has 0 spiro atoms. The average molecular weight is 248 g/mol. The summed E-state index contributed by atoms with van der Waals surface area (Å²) in [6, 6.07) is 0.433. The second kappa shape index (κ2) is 5.39. The summed E-state index contributed by atoms with van der Waals surface area (Å²) in [4.78, 5) is 0. The van der Waals surface area contributed by atoms with Crippen LogP contribution in [-0.2, 0) is 13.0 Å². The van der Waals surface area contributed by atoms with Crippen LogP contribution in [0.25, 0.3) is 0 Å². The fourth-order valence-corrected chi connectivity index (χ4v) is 3.33. The highest BCUT2D eigenvalue weighted by molar-refractivity contribution is 5.04. The topological polar surface area (TPSA) is 42.7 Å². The first kappa shape index (κ1) is 12.2. The van der Waals surface area contributed by atoms with Crippen molar-refractivity contribution < 1.29 is 0 Å². The van der Waals surface area contributed by atoms with Gasteiger partial charge in [0.05, 0.1) is 6.04 Å². The molecule has 2 atom stereocenters. The average Bonchev–Trinajstić information content (AvgIpc) is 2.68. The summed E-state index contributed by atoms with van der Waals surface area (Å²) in [5, 5.41) is 12.5. The molecule has 0 saturated carbocycles. The number of aromatic nitrogens is 3. The van der Waals surface area contributed by atoms with Crippen molar-refractivity contribution in [3.8, 4) is 0 Å². The standard InChI is InChI=1S/C14H24N4/c1-2-11-7-8-15-12(10-11)14-17-16-13-6-4-3-5-9-18(13)14/h11-12,15H,2-10H2,1H3. The van der Waals surface area contributed by atoms with Crippen molar-refractivity contribution in [2.45, 2.75) is 64.5 Å². The van der Waals surface area contributed by atoms with E-state index in [4.69, 9.17) is 0 Å². The summed E-state index contributed by atoms with van der Waals surface area (Å²) in [5.74, 6) is 3.27. The van der Waals surface area contributed by atoms with Crippen LogP contribution >= 0.6 is 0 Å². The number of hydrogen-bond acceptors (Lipinski definition) is 3. The fraction of sp³-hybridized carbons (Fsp3) is 0.857. The molecule has 3 rings (SSSR count). The van der Waals surface area contributed by atoms with E-state index in [0.29, 0.717) is 6.04 Å². The Morgan fingerprint density at radius 1 is 1.28 bits per heavy atom. The molecular weight excluding hydrogens is 224 g/mol. The number of piperidine rings is 1. The van der Waals surface area contributed by atoms with E-state index in [0.717, 1.165) is 25.4 Å². The molecule has 100 valence electrons. The quantitative estimate of drug-likeness (QED) is 0.874. The van der Waals surface area contributed by atoms with E-state index in [2.05, 4.69) is 27.0 Å². The van der Waals surface area contributed by atoms with Gasteiger partial charge in [0.15, 0.2) is 0 Å². The van der Waals surface area contributed by atoms with Crippen molar-refractivity contribution in [1.82, 2.24) is 20.1 Å². The Labute approximate surface area is 109 Å². The number of fused-ring (bicyclic) bond motifs is 1. The molecule has 2 aliphatic rings. The van der Waals surface area contributed by atoms with E-state index in [-0.39, 0.29) is 0 Å². The van der Waals surface area contributed by atoms with Crippen LogP contribution < -0.4 is 5.32 Å². The predicted molar refractivity (Wildman–Crippen MR) is 71.3 cm³/mol. The first-order valence-corrected chi connectivity index (χ1v) is 7.54.